The van der Waals surface area contributed by atoms with Crippen molar-refractivity contribution < 1.29 is 9.59 Å². The molecule has 1 aliphatic carbocycles. The van der Waals surface area contributed by atoms with E-state index in [2.05, 4.69) is 20.5 Å². The number of amides is 2. The van der Waals surface area contributed by atoms with Crippen molar-refractivity contribution in [1.29, 1.82) is 0 Å². The summed E-state index contributed by atoms with van der Waals surface area (Å²) in [6.07, 6.45) is 8.33. The van der Waals surface area contributed by atoms with Gasteiger partial charge >= 0.3 is 0 Å². The van der Waals surface area contributed by atoms with Crippen LogP contribution in [0.3, 0.4) is 0 Å². The Bertz CT molecular complexity index is 887. The lowest BCUT2D eigenvalue weighted by Crippen LogP contribution is -2.31. The zero-order valence-electron chi connectivity index (χ0n) is 17.6. The van der Waals surface area contributed by atoms with Crippen molar-refractivity contribution in [2.75, 3.05) is 23.3 Å². The highest BCUT2D eigenvalue weighted by atomic mass is 16.2. The van der Waals surface area contributed by atoms with Crippen molar-refractivity contribution >= 4 is 23.2 Å². The molecule has 1 aromatic carbocycles. The molecular formula is C24H30N4O2. The molecule has 4 rings (SSSR count). The summed E-state index contributed by atoms with van der Waals surface area (Å²) in [5, 5.41) is 6.11. The second kappa shape index (κ2) is 9.28. The summed E-state index contributed by atoms with van der Waals surface area (Å²) in [5.74, 6) is 0.110. The van der Waals surface area contributed by atoms with Crippen LogP contribution in [0, 0.1) is 5.92 Å². The summed E-state index contributed by atoms with van der Waals surface area (Å²) in [5.41, 5.74) is 3.14. The molecular weight excluding hydrogens is 376 g/mol. The number of pyridine rings is 1. The number of hydrogen-bond donors (Lipinski definition) is 2. The number of benzene rings is 1. The molecule has 2 heterocycles. The number of nitrogens with zero attached hydrogens (tertiary/aromatic N) is 2. The highest BCUT2D eigenvalue weighted by Gasteiger charge is 2.30. The number of anilines is 2. The van der Waals surface area contributed by atoms with E-state index in [1.807, 2.05) is 43.3 Å². The maximum absolute atomic E-state index is 13.2. The van der Waals surface area contributed by atoms with E-state index >= 15 is 0 Å². The fourth-order valence-electron chi connectivity index (χ4n) is 3.94. The average molecular weight is 407 g/mol. The summed E-state index contributed by atoms with van der Waals surface area (Å²) >= 11 is 0. The molecule has 158 valence electrons. The van der Waals surface area contributed by atoms with Crippen LogP contribution < -0.4 is 15.5 Å². The quantitative estimate of drug-likeness (QED) is 0.750. The number of carbonyl (C=O) groups excluding carboxylic acids is 2. The minimum Gasteiger partial charge on any atom is -0.371 e. The molecule has 0 radical (unpaired) electrons. The van der Waals surface area contributed by atoms with E-state index in [9.17, 15) is 9.59 Å². The predicted octanol–water partition coefficient (Wildman–Crippen LogP) is 4.30. The fourth-order valence-corrected chi connectivity index (χ4v) is 3.94. The minimum atomic E-state index is -0.190. The number of nitrogens with one attached hydrogen (secondary N) is 2. The van der Waals surface area contributed by atoms with Crippen LogP contribution in [0.25, 0.3) is 0 Å². The van der Waals surface area contributed by atoms with Crippen LogP contribution in [0.4, 0.5) is 11.4 Å². The first-order chi connectivity index (χ1) is 14.6. The average Bonchev–Trinajstić information content (AvgIpc) is 3.61. The molecule has 1 unspecified atom stereocenters. The third kappa shape index (κ3) is 4.99. The molecule has 30 heavy (non-hydrogen) atoms. The maximum Gasteiger partial charge on any atom is 0.253 e. The molecule has 1 saturated carbocycles. The topological polar surface area (TPSA) is 74.3 Å². The monoisotopic (exact) mass is 406 g/mol. The van der Waals surface area contributed by atoms with Gasteiger partial charge in [0.15, 0.2) is 0 Å². The number of rotatable bonds is 6. The van der Waals surface area contributed by atoms with Gasteiger partial charge in [0, 0.05) is 30.9 Å². The highest BCUT2D eigenvalue weighted by molar-refractivity contribution is 6.02. The Morgan fingerprint density at radius 3 is 2.50 bits per heavy atom. The van der Waals surface area contributed by atoms with Gasteiger partial charge in [-0.1, -0.05) is 18.9 Å². The zero-order valence-corrected chi connectivity index (χ0v) is 17.6. The Morgan fingerprint density at radius 2 is 1.83 bits per heavy atom. The first-order valence-corrected chi connectivity index (χ1v) is 11.0. The molecule has 1 aliphatic heterocycles. The molecule has 2 aliphatic rings. The van der Waals surface area contributed by atoms with Crippen LogP contribution >= 0.6 is 0 Å². The summed E-state index contributed by atoms with van der Waals surface area (Å²) in [7, 11) is 0. The van der Waals surface area contributed by atoms with Gasteiger partial charge in [-0.3, -0.25) is 14.6 Å². The SMILES string of the molecule is CC(NC(=O)c1ccc(NC(=O)C2CC2)cc1N1CCCCCC1)c1ccccn1. The van der Waals surface area contributed by atoms with E-state index in [0.29, 0.717) is 5.56 Å². The molecule has 2 aromatic rings. The second-order valence-electron chi connectivity index (χ2n) is 8.35. The molecule has 0 spiro atoms. The molecule has 2 amide bonds. The molecule has 0 bridgehead atoms. The van der Waals surface area contributed by atoms with Gasteiger partial charge in [-0.2, -0.15) is 0 Å². The van der Waals surface area contributed by atoms with Crippen LogP contribution in [-0.2, 0) is 4.79 Å². The Balaban J connectivity index is 1.57. The molecule has 1 saturated heterocycles. The fraction of sp³-hybridized carbons (Fsp3) is 0.458. The van der Waals surface area contributed by atoms with E-state index in [4.69, 9.17) is 0 Å². The van der Waals surface area contributed by atoms with Crippen LogP contribution in [0.5, 0.6) is 0 Å². The van der Waals surface area contributed by atoms with Crippen molar-refractivity contribution in [2.45, 2.75) is 51.5 Å². The van der Waals surface area contributed by atoms with E-state index in [1.54, 1.807) is 6.20 Å². The lowest BCUT2D eigenvalue weighted by atomic mass is 10.1. The van der Waals surface area contributed by atoms with E-state index < -0.39 is 0 Å². The lowest BCUT2D eigenvalue weighted by Gasteiger charge is -2.26. The van der Waals surface area contributed by atoms with Gasteiger partial charge in [0.2, 0.25) is 5.91 Å². The van der Waals surface area contributed by atoms with E-state index in [-0.39, 0.29) is 23.8 Å². The van der Waals surface area contributed by atoms with Crippen molar-refractivity contribution in [2.24, 2.45) is 5.92 Å². The minimum absolute atomic E-state index is 0.0813. The first kappa shape index (κ1) is 20.4. The Kier molecular flexibility index (Phi) is 6.31. The zero-order chi connectivity index (χ0) is 20.9. The Morgan fingerprint density at radius 1 is 1.07 bits per heavy atom. The summed E-state index contributed by atoms with van der Waals surface area (Å²) in [4.78, 5) is 32.0. The van der Waals surface area contributed by atoms with Crippen molar-refractivity contribution in [3.63, 3.8) is 0 Å². The van der Waals surface area contributed by atoms with Gasteiger partial charge < -0.3 is 15.5 Å². The third-order valence-electron chi connectivity index (χ3n) is 5.88. The van der Waals surface area contributed by atoms with Crippen molar-refractivity contribution in [3.8, 4) is 0 Å². The highest BCUT2D eigenvalue weighted by Crippen LogP contribution is 2.32. The van der Waals surface area contributed by atoms with Gasteiger partial charge in [0.1, 0.15) is 0 Å². The molecule has 2 N–H and O–H groups in total. The maximum atomic E-state index is 13.2. The smallest absolute Gasteiger partial charge is 0.253 e. The van der Waals surface area contributed by atoms with Gasteiger partial charge in [-0.05, 0) is 62.9 Å². The molecule has 1 atom stereocenters. The normalized spacial score (nSPS) is 17.7. The van der Waals surface area contributed by atoms with Crippen LogP contribution in [0.15, 0.2) is 42.6 Å². The van der Waals surface area contributed by atoms with Gasteiger partial charge in [0.25, 0.3) is 5.91 Å². The number of hydrogen-bond acceptors (Lipinski definition) is 4. The van der Waals surface area contributed by atoms with Crippen molar-refractivity contribution in [3.05, 3.63) is 53.9 Å². The molecule has 1 aromatic heterocycles. The van der Waals surface area contributed by atoms with Gasteiger partial charge in [-0.15, -0.1) is 0 Å². The standard InChI is InChI=1S/C24H30N4O2/c1-17(21-8-4-5-13-25-21)26-24(30)20-12-11-19(27-23(29)18-9-10-18)16-22(20)28-14-6-2-3-7-15-28/h4-5,8,11-13,16-18H,2-3,6-7,9-10,14-15H2,1H3,(H,26,30)(H,27,29). The van der Waals surface area contributed by atoms with E-state index in [1.165, 1.54) is 12.8 Å². The van der Waals surface area contributed by atoms with Crippen LogP contribution in [0.1, 0.15) is 67.5 Å². The molecule has 2 fully saturated rings. The van der Waals surface area contributed by atoms with Gasteiger partial charge in [0.05, 0.1) is 23.0 Å². The molecule has 6 nitrogen and oxygen atoms in total. The number of carbonyl (C=O) groups is 2. The number of aromatic nitrogens is 1. The second-order valence-corrected chi connectivity index (χ2v) is 8.35. The van der Waals surface area contributed by atoms with Crippen LogP contribution in [-0.4, -0.2) is 29.9 Å². The Hall–Kier alpha value is -2.89. The summed E-state index contributed by atoms with van der Waals surface area (Å²) in [6.45, 7) is 3.79. The predicted molar refractivity (Wildman–Crippen MR) is 119 cm³/mol. The molecule has 6 heteroatoms. The lowest BCUT2D eigenvalue weighted by molar-refractivity contribution is -0.117. The van der Waals surface area contributed by atoms with Gasteiger partial charge in [-0.25, -0.2) is 0 Å². The first-order valence-electron chi connectivity index (χ1n) is 11.0. The largest absolute Gasteiger partial charge is 0.371 e. The summed E-state index contributed by atoms with van der Waals surface area (Å²) < 4.78 is 0. The van der Waals surface area contributed by atoms with Crippen LogP contribution in [0.2, 0.25) is 0 Å². The van der Waals surface area contributed by atoms with E-state index in [0.717, 1.165) is 55.8 Å². The summed E-state index contributed by atoms with van der Waals surface area (Å²) in [6, 6.07) is 11.1. The van der Waals surface area contributed by atoms with Crippen molar-refractivity contribution in [1.82, 2.24) is 10.3 Å². The third-order valence-corrected chi connectivity index (χ3v) is 5.88. The Labute approximate surface area is 178 Å².